The molecule has 2 aromatic carbocycles. The third kappa shape index (κ3) is 4.81. The van der Waals surface area contributed by atoms with Crippen molar-refractivity contribution in [3.8, 4) is 17.0 Å². The van der Waals surface area contributed by atoms with Gasteiger partial charge in [-0.2, -0.15) is 9.50 Å². The Hall–Kier alpha value is -3.11. The summed E-state index contributed by atoms with van der Waals surface area (Å²) in [6.45, 7) is 4.52. The summed E-state index contributed by atoms with van der Waals surface area (Å²) < 4.78 is 21.6. The number of aryl methyl sites for hydroxylation is 1. The number of anilines is 2. The number of benzene rings is 2. The van der Waals surface area contributed by atoms with Crippen LogP contribution in [0.15, 0.2) is 62.6 Å². The number of hydrogen-bond donors (Lipinski definition) is 3. The van der Waals surface area contributed by atoms with Crippen LogP contribution in [-0.4, -0.2) is 31.2 Å². The molecule has 1 atom stereocenters. The first kappa shape index (κ1) is 23.1. The Bertz CT molecular complexity index is 1290. The lowest BCUT2D eigenvalue weighted by Crippen LogP contribution is -2.33. The van der Waals surface area contributed by atoms with Gasteiger partial charge in [0.05, 0.1) is 10.6 Å². The summed E-state index contributed by atoms with van der Waals surface area (Å²) in [6.07, 6.45) is 2.64. The standard InChI is InChI=1S/C23H25N5O3S2/c1-14(2)11-12-28-23(30)19(21(29)20(25-28)15-7-5-4-6-8-15)22-24-17-10-9-16(26-32-3)13-18(17)33(31)27-22/h4-10,13-14,26,29H,11-12H2,1-3H3,(H,24,27). The lowest BCUT2D eigenvalue weighted by molar-refractivity contribution is 0.444. The minimum absolute atomic E-state index is 0.0436. The molecule has 4 rings (SSSR count). The summed E-state index contributed by atoms with van der Waals surface area (Å²) in [6, 6.07) is 14.5. The molecule has 0 aliphatic carbocycles. The molecule has 10 heteroatoms. The van der Waals surface area contributed by atoms with Crippen molar-refractivity contribution in [2.45, 2.75) is 31.7 Å². The lowest BCUT2D eigenvalue weighted by atomic mass is 10.1. The molecule has 8 nitrogen and oxygen atoms in total. The second-order valence-electron chi connectivity index (χ2n) is 7.98. The van der Waals surface area contributed by atoms with Crippen molar-refractivity contribution >= 4 is 40.1 Å². The van der Waals surface area contributed by atoms with Crippen LogP contribution in [0.1, 0.15) is 25.8 Å². The zero-order chi connectivity index (χ0) is 23.5. The average Bonchev–Trinajstić information content (AvgIpc) is 2.80. The summed E-state index contributed by atoms with van der Waals surface area (Å²) >= 11 is 1.43. The van der Waals surface area contributed by atoms with E-state index in [0.717, 1.165) is 12.1 Å². The molecule has 0 fully saturated rings. The fourth-order valence-electron chi connectivity index (χ4n) is 3.44. The number of hydrogen-bond acceptors (Lipinski definition) is 7. The third-order valence-electron chi connectivity index (χ3n) is 5.15. The molecule has 1 unspecified atom stereocenters. The molecule has 0 saturated carbocycles. The van der Waals surface area contributed by atoms with E-state index in [9.17, 15) is 14.1 Å². The predicted octanol–water partition coefficient (Wildman–Crippen LogP) is 4.25. The van der Waals surface area contributed by atoms with E-state index in [1.807, 2.05) is 42.7 Å². The van der Waals surface area contributed by atoms with E-state index in [1.165, 1.54) is 16.6 Å². The number of nitrogens with zero attached hydrogens (tertiary/aromatic N) is 3. The first-order chi connectivity index (χ1) is 15.9. The van der Waals surface area contributed by atoms with Crippen molar-refractivity contribution in [2.75, 3.05) is 16.3 Å². The van der Waals surface area contributed by atoms with Gasteiger partial charge in [0.2, 0.25) is 0 Å². The van der Waals surface area contributed by atoms with Crippen molar-refractivity contribution in [3.05, 3.63) is 64.4 Å². The Kier molecular flexibility index (Phi) is 6.85. The highest BCUT2D eigenvalue weighted by Crippen LogP contribution is 2.33. The van der Waals surface area contributed by atoms with Crippen LogP contribution in [0.5, 0.6) is 5.75 Å². The Morgan fingerprint density at radius 1 is 1.21 bits per heavy atom. The van der Waals surface area contributed by atoms with Crippen molar-refractivity contribution in [1.29, 1.82) is 0 Å². The second-order valence-corrected chi connectivity index (χ2v) is 9.71. The molecule has 2 heterocycles. The highest BCUT2D eigenvalue weighted by atomic mass is 32.2. The van der Waals surface area contributed by atoms with Gasteiger partial charge in [0.15, 0.2) is 22.6 Å². The zero-order valence-electron chi connectivity index (χ0n) is 18.5. The summed E-state index contributed by atoms with van der Waals surface area (Å²) in [5.41, 5.74) is 1.77. The zero-order valence-corrected chi connectivity index (χ0v) is 20.2. The smallest absolute Gasteiger partial charge is 0.281 e. The van der Waals surface area contributed by atoms with Crippen LogP contribution < -0.4 is 15.6 Å². The fourth-order valence-corrected chi connectivity index (χ4v) is 4.74. The number of nitrogens with one attached hydrogen (secondary N) is 2. The molecule has 1 aliphatic rings. The lowest BCUT2D eigenvalue weighted by Gasteiger charge is -2.20. The van der Waals surface area contributed by atoms with Crippen LogP contribution in [0.25, 0.3) is 11.3 Å². The molecule has 0 saturated heterocycles. The first-order valence-electron chi connectivity index (χ1n) is 10.5. The minimum atomic E-state index is -1.75. The molecule has 0 radical (unpaired) electrons. The van der Waals surface area contributed by atoms with Gasteiger partial charge in [0.25, 0.3) is 5.56 Å². The highest BCUT2D eigenvalue weighted by molar-refractivity contribution is 7.99. The average molecular weight is 484 g/mol. The molecule has 3 aromatic rings. The quantitative estimate of drug-likeness (QED) is 0.431. The van der Waals surface area contributed by atoms with Crippen molar-refractivity contribution < 1.29 is 9.32 Å². The summed E-state index contributed by atoms with van der Waals surface area (Å²) in [5.74, 6) is 0.135. The molecule has 3 N–H and O–H groups in total. The molecule has 172 valence electrons. The van der Waals surface area contributed by atoms with Crippen LogP contribution >= 0.6 is 11.9 Å². The number of aromatic hydroxyl groups is 1. The molecule has 1 aromatic heterocycles. The van der Waals surface area contributed by atoms with Crippen molar-refractivity contribution in [1.82, 2.24) is 9.78 Å². The van der Waals surface area contributed by atoms with Crippen LogP contribution in [0.3, 0.4) is 0 Å². The topological polar surface area (TPSA) is 109 Å². The van der Waals surface area contributed by atoms with E-state index in [1.54, 1.807) is 12.1 Å². The molecular weight excluding hydrogens is 458 g/mol. The van der Waals surface area contributed by atoms with Crippen molar-refractivity contribution in [3.63, 3.8) is 0 Å². The molecule has 0 spiro atoms. The van der Waals surface area contributed by atoms with E-state index in [2.05, 4.69) is 33.4 Å². The van der Waals surface area contributed by atoms with Crippen LogP contribution in [0.4, 0.5) is 11.4 Å². The van der Waals surface area contributed by atoms with E-state index >= 15 is 0 Å². The van der Waals surface area contributed by atoms with Gasteiger partial charge in [-0.1, -0.05) is 56.1 Å². The maximum atomic E-state index is 13.4. The van der Waals surface area contributed by atoms with Crippen LogP contribution in [-0.2, 0) is 17.5 Å². The van der Waals surface area contributed by atoms with Gasteiger partial charge in [-0.05, 0) is 30.5 Å². The Balaban J connectivity index is 1.84. The molecule has 33 heavy (non-hydrogen) atoms. The number of rotatable bonds is 7. The predicted molar refractivity (Wildman–Crippen MR) is 135 cm³/mol. The molecule has 1 aliphatic heterocycles. The maximum Gasteiger partial charge on any atom is 0.281 e. The first-order valence-corrected chi connectivity index (χ1v) is 12.8. The van der Waals surface area contributed by atoms with Gasteiger partial charge in [0, 0.05) is 24.1 Å². The maximum absolute atomic E-state index is 13.4. The van der Waals surface area contributed by atoms with Gasteiger partial charge in [-0.3, -0.25) is 4.79 Å². The summed E-state index contributed by atoms with van der Waals surface area (Å²) in [7, 11) is -1.75. The molecule has 0 amide bonds. The van der Waals surface area contributed by atoms with Crippen molar-refractivity contribution in [2.24, 2.45) is 10.3 Å². The van der Waals surface area contributed by atoms with Gasteiger partial charge in [0.1, 0.15) is 11.3 Å². The van der Waals surface area contributed by atoms with Gasteiger partial charge < -0.3 is 15.1 Å². The summed E-state index contributed by atoms with van der Waals surface area (Å²) in [4.78, 5) is 13.8. The second kappa shape index (κ2) is 9.80. The van der Waals surface area contributed by atoms with E-state index < -0.39 is 16.5 Å². The monoisotopic (exact) mass is 483 g/mol. The Labute approximate surface area is 198 Å². The third-order valence-corrected chi connectivity index (χ3v) is 6.65. The fraction of sp³-hybridized carbons (Fsp3) is 0.261. The van der Waals surface area contributed by atoms with Crippen LogP contribution in [0.2, 0.25) is 0 Å². The number of aromatic nitrogens is 2. The minimum Gasteiger partial charge on any atom is -0.505 e. The Morgan fingerprint density at radius 2 is 1.97 bits per heavy atom. The van der Waals surface area contributed by atoms with Crippen LogP contribution in [0, 0.1) is 5.92 Å². The summed E-state index contributed by atoms with van der Waals surface area (Å²) in [5, 5.41) is 18.7. The van der Waals surface area contributed by atoms with E-state index in [4.69, 9.17) is 0 Å². The highest BCUT2D eigenvalue weighted by Gasteiger charge is 2.27. The SMILES string of the molecule is CSNc1ccc2c(c1)S(=O)N=C(c1c(O)c(-c3ccccc3)nn(CCC(C)C)c1=O)N2. The van der Waals surface area contributed by atoms with Gasteiger partial charge >= 0.3 is 0 Å². The Morgan fingerprint density at radius 3 is 2.67 bits per heavy atom. The van der Waals surface area contributed by atoms with Gasteiger partial charge in [-0.25, -0.2) is 8.89 Å². The van der Waals surface area contributed by atoms with E-state index in [-0.39, 0.29) is 22.8 Å². The number of fused-ring (bicyclic) bond motifs is 1. The normalized spacial score (nSPS) is 15.0. The van der Waals surface area contributed by atoms with Gasteiger partial charge in [-0.15, -0.1) is 0 Å². The largest absolute Gasteiger partial charge is 0.505 e. The molecular formula is C23H25N5O3S2. The van der Waals surface area contributed by atoms with E-state index in [0.29, 0.717) is 28.6 Å². The molecule has 0 bridgehead atoms. The number of amidine groups is 1.